The zero-order valence-electron chi connectivity index (χ0n) is 10.4. The van der Waals surface area contributed by atoms with Gasteiger partial charge in [0.05, 0.1) is 0 Å². The molecule has 0 aromatic carbocycles. The van der Waals surface area contributed by atoms with E-state index in [-0.39, 0.29) is 6.03 Å². The first-order valence-electron chi connectivity index (χ1n) is 6.05. The SMILES string of the molecule is CN(C)CCNC(=O)NC=C1CCCCC1. The average molecular weight is 225 g/mol. The molecule has 0 aromatic rings. The van der Waals surface area contributed by atoms with Crippen molar-refractivity contribution in [2.24, 2.45) is 0 Å². The molecule has 0 radical (unpaired) electrons. The summed E-state index contributed by atoms with van der Waals surface area (Å²) in [6.07, 6.45) is 8.00. The fraction of sp³-hybridized carbons (Fsp3) is 0.750. The van der Waals surface area contributed by atoms with E-state index < -0.39 is 0 Å². The van der Waals surface area contributed by atoms with E-state index in [0.29, 0.717) is 6.54 Å². The molecule has 1 aliphatic carbocycles. The Balaban J connectivity index is 2.13. The zero-order valence-corrected chi connectivity index (χ0v) is 10.4. The van der Waals surface area contributed by atoms with Gasteiger partial charge in [0.2, 0.25) is 0 Å². The zero-order chi connectivity index (χ0) is 11.8. The molecule has 1 aliphatic rings. The summed E-state index contributed by atoms with van der Waals surface area (Å²) < 4.78 is 0. The van der Waals surface area contributed by atoms with Crippen LogP contribution in [0.5, 0.6) is 0 Å². The van der Waals surface area contributed by atoms with Gasteiger partial charge in [-0.1, -0.05) is 12.0 Å². The van der Waals surface area contributed by atoms with Gasteiger partial charge in [0.25, 0.3) is 0 Å². The summed E-state index contributed by atoms with van der Waals surface area (Å²) in [4.78, 5) is 13.4. The molecule has 0 heterocycles. The number of likely N-dealkylation sites (N-methyl/N-ethyl adjacent to an activating group) is 1. The van der Waals surface area contributed by atoms with E-state index in [0.717, 1.165) is 19.4 Å². The second-order valence-corrected chi connectivity index (χ2v) is 4.57. The van der Waals surface area contributed by atoms with Crippen molar-refractivity contribution in [1.82, 2.24) is 15.5 Å². The van der Waals surface area contributed by atoms with Gasteiger partial charge >= 0.3 is 6.03 Å². The van der Waals surface area contributed by atoms with Crippen LogP contribution in [0.2, 0.25) is 0 Å². The van der Waals surface area contributed by atoms with Gasteiger partial charge in [-0.2, -0.15) is 0 Å². The normalized spacial score (nSPS) is 16.1. The van der Waals surface area contributed by atoms with Crippen molar-refractivity contribution < 1.29 is 4.79 Å². The maximum Gasteiger partial charge on any atom is 0.318 e. The van der Waals surface area contributed by atoms with Gasteiger partial charge in [0, 0.05) is 19.3 Å². The van der Waals surface area contributed by atoms with Gasteiger partial charge in [-0.25, -0.2) is 4.79 Å². The van der Waals surface area contributed by atoms with Crippen LogP contribution in [0.1, 0.15) is 32.1 Å². The van der Waals surface area contributed by atoms with E-state index >= 15 is 0 Å². The minimum Gasteiger partial charge on any atom is -0.337 e. The maximum absolute atomic E-state index is 11.4. The Kier molecular flexibility index (Phi) is 5.93. The van der Waals surface area contributed by atoms with Gasteiger partial charge in [-0.05, 0) is 39.8 Å². The molecule has 2 amide bonds. The van der Waals surface area contributed by atoms with Crippen LogP contribution < -0.4 is 10.6 Å². The summed E-state index contributed by atoms with van der Waals surface area (Å²) in [5.41, 5.74) is 1.37. The molecular formula is C12H23N3O. The van der Waals surface area contributed by atoms with Crippen LogP contribution in [0, 0.1) is 0 Å². The highest BCUT2D eigenvalue weighted by atomic mass is 16.2. The topological polar surface area (TPSA) is 44.4 Å². The van der Waals surface area contributed by atoms with Crippen molar-refractivity contribution in [3.8, 4) is 0 Å². The largest absolute Gasteiger partial charge is 0.337 e. The lowest BCUT2D eigenvalue weighted by Gasteiger charge is -2.14. The van der Waals surface area contributed by atoms with E-state index in [2.05, 4.69) is 10.6 Å². The molecule has 0 atom stereocenters. The Hall–Kier alpha value is -1.03. The highest BCUT2D eigenvalue weighted by molar-refractivity contribution is 5.74. The lowest BCUT2D eigenvalue weighted by atomic mass is 9.96. The van der Waals surface area contributed by atoms with E-state index in [1.165, 1.54) is 24.8 Å². The third kappa shape index (κ3) is 5.75. The number of amides is 2. The molecule has 0 bridgehead atoms. The lowest BCUT2D eigenvalue weighted by molar-refractivity contribution is 0.242. The number of hydrogen-bond donors (Lipinski definition) is 2. The first kappa shape index (κ1) is 13.0. The summed E-state index contributed by atoms with van der Waals surface area (Å²) in [6.45, 7) is 1.55. The lowest BCUT2D eigenvalue weighted by Crippen LogP contribution is -2.36. The standard InChI is InChI=1S/C12H23N3O/c1-15(2)9-8-13-12(16)14-10-11-6-4-3-5-7-11/h10H,3-9H2,1-2H3,(H2,13,14,16). The number of nitrogens with one attached hydrogen (secondary N) is 2. The number of hydrogen-bond acceptors (Lipinski definition) is 2. The van der Waals surface area contributed by atoms with Crippen molar-refractivity contribution in [2.45, 2.75) is 32.1 Å². The van der Waals surface area contributed by atoms with E-state index in [1.807, 2.05) is 25.2 Å². The molecule has 0 unspecified atom stereocenters. The molecule has 1 rings (SSSR count). The molecule has 0 aromatic heterocycles. The monoisotopic (exact) mass is 225 g/mol. The smallest absolute Gasteiger partial charge is 0.318 e. The molecule has 1 saturated carbocycles. The highest BCUT2D eigenvalue weighted by Gasteiger charge is 2.05. The van der Waals surface area contributed by atoms with Crippen molar-refractivity contribution in [1.29, 1.82) is 0 Å². The summed E-state index contributed by atoms with van der Waals surface area (Å²) in [6, 6.07) is -0.0973. The van der Waals surface area contributed by atoms with E-state index in [4.69, 9.17) is 0 Å². The molecule has 92 valence electrons. The Morgan fingerprint density at radius 2 is 2.00 bits per heavy atom. The van der Waals surface area contributed by atoms with E-state index in [9.17, 15) is 4.79 Å². The number of urea groups is 1. The van der Waals surface area contributed by atoms with Gasteiger partial charge < -0.3 is 15.5 Å². The Morgan fingerprint density at radius 3 is 2.62 bits per heavy atom. The first-order valence-corrected chi connectivity index (χ1v) is 6.05. The van der Waals surface area contributed by atoms with Gasteiger partial charge in [0.1, 0.15) is 0 Å². The van der Waals surface area contributed by atoms with Crippen LogP contribution in [-0.4, -0.2) is 38.1 Å². The molecule has 2 N–H and O–H groups in total. The minimum atomic E-state index is -0.0973. The second kappa shape index (κ2) is 7.28. The third-order valence-electron chi connectivity index (χ3n) is 2.75. The number of carbonyl (C=O) groups excluding carboxylic acids is 1. The van der Waals surface area contributed by atoms with Crippen LogP contribution in [0.25, 0.3) is 0 Å². The number of carbonyl (C=O) groups is 1. The minimum absolute atomic E-state index is 0.0973. The van der Waals surface area contributed by atoms with Crippen LogP contribution in [-0.2, 0) is 0 Å². The molecule has 1 fully saturated rings. The summed E-state index contributed by atoms with van der Waals surface area (Å²) in [5.74, 6) is 0. The predicted molar refractivity (Wildman–Crippen MR) is 66.3 cm³/mol. The second-order valence-electron chi connectivity index (χ2n) is 4.57. The fourth-order valence-corrected chi connectivity index (χ4v) is 1.76. The van der Waals surface area contributed by atoms with Crippen molar-refractivity contribution in [2.75, 3.05) is 27.2 Å². The molecule has 0 spiro atoms. The van der Waals surface area contributed by atoms with Gasteiger partial charge in [-0.15, -0.1) is 0 Å². The highest BCUT2D eigenvalue weighted by Crippen LogP contribution is 2.21. The molecule has 0 saturated heterocycles. The Bertz CT molecular complexity index is 241. The van der Waals surface area contributed by atoms with Crippen molar-refractivity contribution in [3.05, 3.63) is 11.8 Å². The predicted octanol–water partition coefficient (Wildman–Crippen LogP) is 1.70. The fourth-order valence-electron chi connectivity index (χ4n) is 1.76. The Labute approximate surface area is 98.1 Å². The molecule has 4 heteroatoms. The molecule has 0 aliphatic heterocycles. The summed E-state index contributed by atoms with van der Waals surface area (Å²) in [7, 11) is 3.98. The van der Waals surface area contributed by atoms with Crippen molar-refractivity contribution >= 4 is 6.03 Å². The average Bonchev–Trinajstić information content (AvgIpc) is 2.27. The van der Waals surface area contributed by atoms with E-state index in [1.54, 1.807) is 0 Å². The number of nitrogens with zero attached hydrogens (tertiary/aromatic N) is 1. The third-order valence-corrected chi connectivity index (χ3v) is 2.75. The Morgan fingerprint density at radius 1 is 1.31 bits per heavy atom. The maximum atomic E-state index is 11.4. The molecule has 4 nitrogen and oxygen atoms in total. The van der Waals surface area contributed by atoms with Gasteiger partial charge in [0.15, 0.2) is 0 Å². The van der Waals surface area contributed by atoms with Crippen LogP contribution in [0.3, 0.4) is 0 Å². The van der Waals surface area contributed by atoms with Crippen molar-refractivity contribution in [3.63, 3.8) is 0 Å². The number of rotatable bonds is 4. The summed E-state index contributed by atoms with van der Waals surface area (Å²) in [5, 5.41) is 5.61. The summed E-state index contributed by atoms with van der Waals surface area (Å²) >= 11 is 0. The van der Waals surface area contributed by atoms with Crippen LogP contribution >= 0.6 is 0 Å². The molecule has 16 heavy (non-hydrogen) atoms. The quantitative estimate of drug-likeness (QED) is 0.765. The van der Waals surface area contributed by atoms with Crippen LogP contribution in [0.15, 0.2) is 11.8 Å². The number of allylic oxidation sites excluding steroid dienone is 1. The molecular weight excluding hydrogens is 202 g/mol. The van der Waals surface area contributed by atoms with Crippen LogP contribution in [0.4, 0.5) is 4.79 Å². The first-order chi connectivity index (χ1) is 7.68. The van der Waals surface area contributed by atoms with Gasteiger partial charge in [-0.3, -0.25) is 0 Å².